The lowest BCUT2D eigenvalue weighted by molar-refractivity contribution is 0.329. The molecule has 0 saturated heterocycles. The second-order valence-electron chi connectivity index (χ2n) is 8.44. The van der Waals surface area contributed by atoms with Crippen molar-refractivity contribution in [1.29, 1.82) is 0 Å². The monoisotopic (exact) mass is 370 g/mol. The minimum absolute atomic E-state index is 0.000701. The van der Waals surface area contributed by atoms with Crippen LogP contribution in [0.1, 0.15) is 58.6 Å². The standard InChI is InChI=1S/C20H27O.BF4/c1-14-8-10-15(11-9-14)16-12-17(19(2,3)4)21-18(13-16)20(5,6)7;2-1(3,4)5/h8-13H,1-7H3;/q+1;-1. The Morgan fingerprint density at radius 2 is 1.04 bits per heavy atom. The number of hydrogen-bond donors (Lipinski definition) is 0. The fourth-order valence-electron chi connectivity index (χ4n) is 2.15. The molecule has 1 aromatic heterocycles. The predicted octanol–water partition coefficient (Wildman–Crippen LogP) is 7.43. The molecule has 1 heterocycles. The molecule has 26 heavy (non-hydrogen) atoms. The normalized spacial score (nSPS) is 12.4. The van der Waals surface area contributed by atoms with Gasteiger partial charge in [0.2, 0.25) is 0 Å². The van der Waals surface area contributed by atoms with Crippen LogP contribution in [0, 0.1) is 6.92 Å². The van der Waals surface area contributed by atoms with E-state index >= 15 is 0 Å². The molecule has 0 atom stereocenters. The van der Waals surface area contributed by atoms with Gasteiger partial charge in [-0.1, -0.05) is 29.8 Å². The zero-order chi connectivity index (χ0) is 20.3. The predicted molar refractivity (Wildman–Crippen MR) is 101 cm³/mol. The largest absolute Gasteiger partial charge is 0.673 e. The quantitative estimate of drug-likeness (QED) is 0.289. The number of hydrogen-bond acceptors (Lipinski definition) is 0. The Morgan fingerprint density at radius 1 is 0.692 bits per heavy atom. The molecular formula is C20H27BF4O. The molecule has 0 aliphatic carbocycles. The van der Waals surface area contributed by atoms with Gasteiger partial charge in [-0.25, -0.2) is 4.42 Å². The fourth-order valence-corrected chi connectivity index (χ4v) is 2.15. The van der Waals surface area contributed by atoms with Crippen LogP contribution < -0.4 is 0 Å². The Morgan fingerprint density at radius 3 is 1.35 bits per heavy atom. The van der Waals surface area contributed by atoms with Gasteiger partial charge < -0.3 is 17.3 Å². The molecule has 144 valence electrons. The molecule has 0 bridgehead atoms. The zero-order valence-corrected chi connectivity index (χ0v) is 16.5. The van der Waals surface area contributed by atoms with E-state index in [2.05, 4.69) is 84.9 Å². The minimum Gasteiger partial charge on any atom is -0.418 e. The number of halogens is 4. The van der Waals surface area contributed by atoms with E-state index in [1.165, 1.54) is 16.7 Å². The third-order valence-electron chi connectivity index (χ3n) is 3.66. The first-order valence-corrected chi connectivity index (χ1v) is 8.51. The van der Waals surface area contributed by atoms with Crippen LogP contribution in [0.2, 0.25) is 0 Å². The first-order chi connectivity index (χ1) is 11.6. The Bertz CT molecular complexity index is 685. The van der Waals surface area contributed by atoms with E-state index in [1.54, 1.807) is 0 Å². The van der Waals surface area contributed by atoms with Gasteiger partial charge in [-0.15, -0.1) is 0 Å². The van der Waals surface area contributed by atoms with Crippen LogP contribution >= 0.6 is 0 Å². The highest BCUT2D eigenvalue weighted by Crippen LogP contribution is 2.33. The van der Waals surface area contributed by atoms with E-state index in [0.717, 1.165) is 11.5 Å². The maximum absolute atomic E-state index is 9.75. The van der Waals surface area contributed by atoms with Crippen molar-refractivity contribution in [2.75, 3.05) is 0 Å². The van der Waals surface area contributed by atoms with Crippen LogP contribution in [0.25, 0.3) is 11.1 Å². The van der Waals surface area contributed by atoms with Crippen LogP contribution in [0.15, 0.2) is 40.8 Å². The van der Waals surface area contributed by atoms with Crippen LogP contribution in [-0.4, -0.2) is 7.25 Å². The second-order valence-corrected chi connectivity index (χ2v) is 8.44. The average Bonchev–Trinajstić information content (AvgIpc) is 2.44. The molecule has 0 fully saturated rings. The molecule has 2 aromatic rings. The van der Waals surface area contributed by atoms with Crippen molar-refractivity contribution < 1.29 is 21.7 Å². The van der Waals surface area contributed by atoms with Gasteiger partial charge >= 0.3 is 18.8 Å². The van der Waals surface area contributed by atoms with Crippen LogP contribution in [0.4, 0.5) is 17.3 Å². The summed E-state index contributed by atoms with van der Waals surface area (Å²) in [6, 6.07) is 13.0. The Hall–Kier alpha value is -1.85. The van der Waals surface area contributed by atoms with Crippen molar-refractivity contribution in [3.8, 4) is 11.1 Å². The van der Waals surface area contributed by atoms with Crippen LogP contribution in [-0.2, 0) is 10.8 Å². The van der Waals surface area contributed by atoms with E-state index in [9.17, 15) is 17.3 Å². The summed E-state index contributed by atoms with van der Waals surface area (Å²) in [5.74, 6) is 2.07. The highest BCUT2D eigenvalue weighted by atomic mass is 19.5. The number of benzene rings is 1. The molecule has 1 nitrogen and oxygen atoms in total. The minimum atomic E-state index is -6.00. The Balaban J connectivity index is 0.000000597. The van der Waals surface area contributed by atoms with Crippen molar-refractivity contribution >= 4 is 7.25 Å². The van der Waals surface area contributed by atoms with Crippen molar-refractivity contribution in [1.82, 2.24) is 0 Å². The molecule has 1 aromatic carbocycles. The molecule has 0 radical (unpaired) electrons. The number of rotatable bonds is 1. The van der Waals surface area contributed by atoms with Crippen LogP contribution in [0.3, 0.4) is 0 Å². The average molecular weight is 370 g/mol. The van der Waals surface area contributed by atoms with Crippen molar-refractivity contribution in [3.05, 3.63) is 53.5 Å². The fraction of sp³-hybridized carbons (Fsp3) is 0.450. The van der Waals surface area contributed by atoms with Crippen molar-refractivity contribution in [2.45, 2.75) is 59.3 Å². The van der Waals surface area contributed by atoms with Gasteiger partial charge in [0.05, 0.1) is 10.8 Å². The van der Waals surface area contributed by atoms with Gasteiger partial charge in [-0.3, -0.25) is 0 Å². The van der Waals surface area contributed by atoms with E-state index in [4.69, 9.17) is 4.42 Å². The third-order valence-corrected chi connectivity index (χ3v) is 3.66. The maximum atomic E-state index is 9.75. The lowest BCUT2D eigenvalue weighted by atomic mass is 9.87. The zero-order valence-electron chi connectivity index (χ0n) is 16.5. The van der Waals surface area contributed by atoms with E-state index in [1.807, 2.05) is 0 Å². The SMILES string of the molecule is Cc1ccc(-c2cc(C(C)(C)C)[o+]c(C(C)(C)C)c2)cc1.F[B-](F)(F)F. The molecular weight excluding hydrogens is 343 g/mol. The molecule has 0 amide bonds. The molecule has 0 spiro atoms. The lowest BCUT2D eigenvalue weighted by Crippen LogP contribution is -2.16. The highest BCUT2D eigenvalue weighted by Gasteiger charge is 2.33. The Labute approximate surface area is 153 Å². The highest BCUT2D eigenvalue weighted by molar-refractivity contribution is 6.50. The molecule has 2 rings (SSSR count). The molecule has 0 unspecified atom stereocenters. The van der Waals surface area contributed by atoms with Gasteiger partial charge in [0.15, 0.2) is 0 Å². The summed E-state index contributed by atoms with van der Waals surface area (Å²) in [4.78, 5) is 0. The smallest absolute Gasteiger partial charge is 0.418 e. The number of aryl methyl sites for hydroxylation is 1. The summed E-state index contributed by atoms with van der Waals surface area (Å²) in [6.45, 7) is 15.3. The van der Waals surface area contributed by atoms with Crippen molar-refractivity contribution in [3.63, 3.8) is 0 Å². The topological polar surface area (TPSA) is 11.3 Å². The summed E-state index contributed by atoms with van der Waals surface area (Å²) < 4.78 is 45.2. The van der Waals surface area contributed by atoms with Gasteiger partial charge in [0, 0.05) is 12.1 Å². The first kappa shape index (κ1) is 22.2. The summed E-state index contributed by atoms with van der Waals surface area (Å²) in [7, 11) is -6.00. The maximum Gasteiger partial charge on any atom is 0.673 e. The van der Waals surface area contributed by atoms with Crippen LogP contribution in [0.5, 0.6) is 0 Å². The van der Waals surface area contributed by atoms with Gasteiger partial charge in [-0.05, 0) is 59.6 Å². The van der Waals surface area contributed by atoms with E-state index in [0.29, 0.717) is 0 Å². The van der Waals surface area contributed by atoms with Gasteiger partial charge in [0.1, 0.15) is 0 Å². The molecule has 0 saturated carbocycles. The summed E-state index contributed by atoms with van der Waals surface area (Å²) in [5, 5.41) is 0. The molecule has 0 N–H and O–H groups in total. The van der Waals surface area contributed by atoms with E-state index < -0.39 is 7.25 Å². The summed E-state index contributed by atoms with van der Waals surface area (Å²) in [5.41, 5.74) is 3.76. The third kappa shape index (κ3) is 7.59. The second kappa shape index (κ2) is 7.81. The molecule has 0 aliphatic rings. The van der Waals surface area contributed by atoms with Gasteiger partial charge in [-0.2, -0.15) is 0 Å². The molecule has 6 heteroatoms. The summed E-state index contributed by atoms with van der Waals surface area (Å²) in [6.07, 6.45) is 0. The van der Waals surface area contributed by atoms with Gasteiger partial charge in [0.25, 0.3) is 0 Å². The Kier molecular flexibility index (Phi) is 6.66. The van der Waals surface area contributed by atoms with Crippen molar-refractivity contribution in [2.24, 2.45) is 0 Å². The van der Waals surface area contributed by atoms with E-state index in [-0.39, 0.29) is 10.8 Å². The lowest BCUT2D eigenvalue weighted by Gasteiger charge is -2.15. The molecule has 0 aliphatic heterocycles. The summed E-state index contributed by atoms with van der Waals surface area (Å²) >= 11 is 0. The first-order valence-electron chi connectivity index (χ1n) is 8.51.